The van der Waals surface area contributed by atoms with Crippen LogP contribution in [0.25, 0.3) is 0 Å². The van der Waals surface area contributed by atoms with Crippen molar-refractivity contribution < 1.29 is 23.6 Å². The van der Waals surface area contributed by atoms with Gasteiger partial charge < -0.3 is 15.2 Å². The molecule has 31 heavy (non-hydrogen) atoms. The van der Waals surface area contributed by atoms with Crippen LogP contribution < -0.4 is 14.8 Å². The summed E-state index contributed by atoms with van der Waals surface area (Å²) >= 11 is 0. The lowest BCUT2D eigenvalue weighted by atomic mass is 9.99. The van der Waals surface area contributed by atoms with Gasteiger partial charge in [0.15, 0.2) is 9.92 Å². The number of aromatic nitrogens is 2. The molecule has 1 aliphatic heterocycles. The van der Waals surface area contributed by atoms with Gasteiger partial charge >= 0.3 is 12.0 Å². The Hall–Kier alpha value is -3.08. The highest BCUT2D eigenvalue weighted by Gasteiger charge is 2.32. The maximum atomic E-state index is 13.0. The zero-order valence-corrected chi connectivity index (χ0v) is 17.6. The Labute approximate surface area is 179 Å². The van der Waals surface area contributed by atoms with Gasteiger partial charge in [-0.1, -0.05) is 6.07 Å². The van der Waals surface area contributed by atoms with Gasteiger partial charge in [-0.2, -0.15) is 5.10 Å². The number of ether oxygens (including phenoxy) is 1. The molecule has 0 saturated carbocycles. The van der Waals surface area contributed by atoms with Crippen LogP contribution in [0.3, 0.4) is 0 Å². The monoisotopic (exact) mass is 445 g/mol. The molecular formula is C20H23N5O5S. The van der Waals surface area contributed by atoms with Crippen molar-refractivity contribution in [3.8, 4) is 5.88 Å². The average Bonchev–Trinajstić information content (AvgIpc) is 3.45. The van der Waals surface area contributed by atoms with E-state index in [1.807, 2.05) is 0 Å². The third-order valence-electron chi connectivity index (χ3n) is 6.18. The molecule has 1 aromatic carbocycles. The summed E-state index contributed by atoms with van der Waals surface area (Å²) in [5, 5.41) is 16.0. The van der Waals surface area contributed by atoms with Crippen molar-refractivity contribution >= 4 is 27.6 Å². The highest BCUT2D eigenvalue weighted by molar-refractivity contribution is 7.91. The third-order valence-corrected chi connectivity index (χ3v) is 7.55. The number of amides is 2. The molecule has 4 N–H and O–H groups in total. The normalized spacial score (nSPS) is 20.7. The summed E-state index contributed by atoms with van der Waals surface area (Å²) in [4.78, 5) is 23.9. The molecule has 3 aliphatic rings. The van der Waals surface area contributed by atoms with E-state index in [1.165, 1.54) is 22.0 Å². The van der Waals surface area contributed by atoms with Gasteiger partial charge in [0.2, 0.25) is 5.88 Å². The number of rotatable bonds is 4. The van der Waals surface area contributed by atoms with Crippen LogP contribution in [-0.2, 0) is 46.9 Å². The number of anilines is 1. The van der Waals surface area contributed by atoms with E-state index in [9.17, 15) is 13.8 Å². The fraction of sp³-hybridized carbons (Fsp3) is 0.450. The zero-order chi connectivity index (χ0) is 21.8. The topological polar surface area (TPSA) is 146 Å². The molecule has 0 fully saturated rings. The van der Waals surface area contributed by atoms with E-state index in [4.69, 9.17) is 14.6 Å². The Bertz CT molecular complexity index is 1170. The predicted molar refractivity (Wildman–Crippen MR) is 111 cm³/mol. The van der Waals surface area contributed by atoms with Crippen LogP contribution in [0.1, 0.15) is 35.1 Å². The minimum absolute atomic E-state index is 0.0503. The number of carbonyl (C=O) groups is 2. The van der Waals surface area contributed by atoms with Crippen LogP contribution in [0.5, 0.6) is 5.88 Å². The summed E-state index contributed by atoms with van der Waals surface area (Å²) in [6.07, 6.45) is 7.04. The van der Waals surface area contributed by atoms with E-state index in [1.54, 1.807) is 0 Å². The Kier molecular flexibility index (Phi) is 4.65. The first-order chi connectivity index (χ1) is 14.8. The molecule has 1 aromatic heterocycles. The van der Waals surface area contributed by atoms with E-state index < -0.39 is 27.8 Å². The Balaban J connectivity index is 1.37. The van der Waals surface area contributed by atoms with Crippen LogP contribution in [0.2, 0.25) is 0 Å². The predicted octanol–water partition coefficient (Wildman–Crippen LogP) is 2.10. The maximum Gasteiger partial charge on any atom is 0.331 e. The molecule has 2 heterocycles. The summed E-state index contributed by atoms with van der Waals surface area (Å²) in [7, 11) is -3.76. The minimum Gasteiger partial charge on any atom is -0.481 e. The minimum atomic E-state index is -3.76. The number of urea groups is 1. The van der Waals surface area contributed by atoms with E-state index in [0.29, 0.717) is 0 Å². The van der Waals surface area contributed by atoms with Crippen LogP contribution in [-0.4, -0.2) is 37.7 Å². The summed E-state index contributed by atoms with van der Waals surface area (Å²) in [5.74, 6) is -1.74. The van der Waals surface area contributed by atoms with Crippen molar-refractivity contribution in [2.75, 3.05) is 11.9 Å². The van der Waals surface area contributed by atoms with Gasteiger partial charge in [-0.25, -0.2) is 23.2 Å². The molecule has 2 amide bonds. The highest BCUT2D eigenvalue weighted by Crippen LogP contribution is 2.38. The zero-order valence-electron chi connectivity index (χ0n) is 16.8. The van der Waals surface area contributed by atoms with Crippen LogP contribution in [0.4, 0.5) is 10.5 Å². The Morgan fingerprint density at radius 3 is 2.52 bits per heavy atom. The van der Waals surface area contributed by atoms with Crippen molar-refractivity contribution in [3.05, 3.63) is 34.5 Å². The third kappa shape index (κ3) is 3.42. The van der Waals surface area contributed by atoms with E-state index >= 15 is 0 Å². The number of carbonyl (C=O) groups excluding carboxylic acids is 1. The molecule has 2 aromatic rings. The second-order valence-corrected chi connectivity index (χ2v) is 9.94. The fourth-order valence-corrected chi connectivity index (χ4v) is 5.74. The first kappa shape index (κ1) is 19.9. The largest absolute Gasteiger partial charge is 0.481 e. The lowest BCUT2D eigenvalue weighted by Crippen LogP contribution is -2.35. The van der Waals surface area contributed by atoms with Gasteiger partial charge in [-0.3, -0.25) is 4.79 Å². The van der Waals surface area contributed by atoms with Crippen molar-refractivity contribution in [3.63, 3.8) is 0 Å². The van der Waals surface area contributed by atoms with Gasteiger partial charge in [0.1, 0.15) is 17.4 Å². The molecule has 0 bridgehead atoms. The molecule has 10 nitrogen and oxygen atoms in total. The molecule has 0 radical (unpaired) electrons. The molecule has 0 saturated heterocycles. The number of nitrogens with one attached hydrogen (secondary N) is 3. The number of hydrogen-bond donors (Lipinski definition) is 4. The van der Waals surface area contributed by atoms with Gasteiger partial charge in [-0.05, 0) is 60.8 Å². The lowest BCUT2D eigenvalue weighted by Gasteiger charge is -2.22. The number of nitrogens with zero attached hydrogens (tertiary/aromatic N) is 2. The molecular weight excluding hydrogens is 422 g/mol. The lowest BCUT2D eigenvalue weighted by molar-refractivity contribution is -0.144. The summed E-state index contributed by atoms with van der Waals surface area (Å²) in [5.41, 5.74) is 5.59. The van der Waals surface area contributed by atoms with Gasteiger partial charge in [-0.15, -0.1) is 0 Å². The fourth-order valence-electron chi connectivity index (χ4n) is 4.71. The molecule has 11 heteroatoms. The quantitative estimate of drug-likeness (QED) is 0.567. The van der Waals surface area contributed by atoms with Gasteiger partial charge in [0.05, 0.1) is 12.7 Å². The van der Waals surface area contributed by atoms with Crippen LogP contribution in [0.15, 0.2) is 17.2 Å². The van der Waals surface area contributed by atoms with Gasteiger partial charge in [0.25, 0.3) is 0 Å². The van der Waals surface area contributed by atoms with Crippen molar-refractivity contribution in [1.82, 2.24) is 14.5 Å². The van der Waals surface area contributed by atoms with E-state index in [0.717, 1.165) is 55.3 Å². The van der Waals surface area contributed by atoms with Crippen molar-refractivity contribution in [2.45, 2.75) is 50.0 Å². The van der Waals surface area contributed by atoms with Crippen molar-refractivity contribution in [1.29, 1.82) is 4.78 Å². The summed E-state index contributed by atoms with van der Waals surface area (Å²) < 4.78 is 30.3. The first-order valence-corrected chi connectivity index (χ1v) is 11.8. The standard InChI is InChI=1S/C20H23N5O5S/c21-31(29,16-8-22-25-9-13(19(26)27)10-30-18(16)25)24-20(28)23-17-14-5-1-3-11(14)7-12-4-2-6-15(12)17/h7-8,13H,1-6,9-10H2,(H,26,27)(H3,21,23,24,28,29). The van der Waals surface area contributed by atoms with Crippen molar-refractivity contribution in [2.24, 2.45) is 5.92 Å². The molecule has 2 atom stereocenters. The second kappa shape index (κ2) is 7.26. The highest BCUT2D eigenvalue weighted by atomic mass is 32.2. The number of carboxylic acids is 1. The number of aryl methyl sites for hydroxylation is 2. The number of aliphatic carboxylic acids is 1. The molecule has 0 spiro atoms. The SMILES string of the molecule is N=S(=O)(NC(=O)Nc1c2c(cc3c1CCC3)CCC2)c1cnn2c1OCC(C(=O)O)C2. The number of carboxylic acid groups (broad SMARTS) is 1. The summed E-state index contributed by atoms with van der Waals surface area (Å²) in [6.45, 7) is -0.0628. The first-order valence-electron chi connectivity index (χ1n) is 10.3. The summed E-state index contributed by atoms with van der Waals surface area (Å²) in [6, 6.07) is 1.54. The Morgan fingerprint density at radius 2 is 1.87 bits per heavy atom. The smallest absolute Gasteiger partial charge is 0.331 e. The maximum absolute atomic E-state index is 13.0. The van der Waals surface area contributed by atoms with Gasteiger partial charge in [0, 0.05) is 5.69 Å². The molecule has 164 valence electrons. The van der Waals surface area contributed by atoms with E-state index in [2.05, 4.69) is 21.2 Å². The average molecular weight is 446 g/mol. The van der Waals surface area contributed by atoms with Crippen LogP contribution >= 0.6 is 0 Å². The number of fused-ring (bicyclic) bond motifs is 3. The van der Waals surface area contributed by atoms with Crippen LogP contribution in [0, 0.1) is 10.7 Å². The molecule has 2 aliphatic carbocycles. The molecule has 2 unspecified atom stereocenters. The Morgan fingerprint density at radius 1 is 1.19 bits per heavy atom. The second-order valence-electron chi connectivity index (χ2n) is 8.19. The number of benzene rings is 1. The number of hydrogen-bond acceptors (Lipinski definition) is 6. The molecule has 5 rings (SSSR count). The van der Waals surface area contributed by atoms with E-state index in [-0.39, 0.29) is 23.9 Å².